The molecular formula is C30H35N3O6S2. The maximum atomic E-state index is 14.1. The Balaban J connectivity index is 1.45. The number of benzene rings is 1. The van der Waals surface area contributed by atoms with E-state index in [2.05, 4.69) is 29.5 Å². The summed E-state index contributed by atoms with van der Waals surface area (Å²) in [5.41, 5.74) is 4.90. The van der Waals surface area contributed by atoms with Crippen molar-refractivity contribution in [2.24, 2.45) is 0 Å². The standard InChI is InChI=1S/C30H35N3O6S2/c1-2-22-9-11-23(12-10-22)25-13-14-26(40-25)30(21-27(34)32-39-28-8-4-6-19-38-28)15-17-33(18-20-41(30,36)37)29(35)24-7-3-5-16-31-24/h3,5,7,9-14,16,28H,2,4,6,8,15,17-21H2,1H3,(H,32,34)/t28?,30-/m0/s1. The minimum absolute atomic E-state index is 0.0181. The molecule has 1 N–H and O–H groups in total. The first-order valence-electron chi connectivity index (χ1n) is 14.0. The molecule has 2 atom stereocenters. The molecule has 0 spiro atoms. The molecule has 2 aliphatic heterocycles. The first-order chi connectivity index (χ1) is 19.8. The van der Waals surface area contributed by atoms with E-state index in [9.17, 15) is 18.0 Å². The van der Waals surface area contributed by atoms with Gasteiger partial charge < -0.3 is 9.64 Å². The summed E-state index contributed by atoms with van der Waals surface area (Å²) in [5.74, 6) is -1.15. The summed E-state index contributed by atoms with van der Waals surface area (Å²) < 4.78 is 32.2. The van der Waals surface area contributed by atoms with Gasteiger partial charge in [-0.05, 0) is 61.1 Å². The monoisotopic (exact) mass is 597 g/mol. The maximum absolute atomic E-state index is 14.1. The first kappa shape index (κ1) is 29.4. The molecular weight excluding hydrogens is 562 g/mol. The van der Waals surface area contributed by atoms with Crippen LogP contribution in [0.5, 0.6) is 0 Å². The molecule has 1 aromatic carbocycles. The Bertz CT molecular complexity index is 1450. The Kier molecular flexibility index (Phi) is 9.18. The molecule has 2 amide bonds. The molecule has 9 nitrogen and oxygen atoms in total. The molecule has 2 aromatic heterocycles. The number of thiophene rings is 1. The zero-order chi connectivity index (χ0) is 28.9. The highest BCUT2D eigenvalue weighted by Crippen LogP contribution is 2.45. The van der Waals surface area contributed by atoms with Gasteiger partial charge in [0.25, 0.3) is 5.91 Å². The van der Waals surface area contributed by atoms with Crippen LogP contribution in [0.25, 0.3) is 10.4 Å². The SMILES string of the molecule is CCc1ccc(-c2ccc([C@@]3(CC(=O)NOC4CCCCO4)CCN(C(=O)c4ccccn4)CCS3(=O)=O)s2)cc1. The van der Waals surface area contributed by atoms with Crippen LogP contribution in [-0.2, 0) is 35.4 Å². The van der Waals surface area contributed by atoms with E-state index in [1.165, 1.54) is 28.0 Å². The van der Waals surface area contributed by atoms with Crippen molar-refractivity contribution in [2.45, 2.75) is 56.5 Å². The van der Waals surface area contributed by atoms with E-state index >= 15 is 0 Å². The van der Waals surface area contributed by atoms with Crippen molar-refractivity contribution in [3.63, 3.8) is 0 Å². The number of carbonyl (C=O) groups is 2. The predicted molar refractivity (Wildman–Crippen MR) is 157 cm³/mol. The van der Waals surface area contributed by atoms with Gasteiger partial charge >= 0.3 is 0 Å². The Hall–Kier alpha value is -3.12. The van der Waals surface area contributed by atoms with E-state index in [4.69, 9.17) is 9.57 Å². The number of aromatic nitrogens is 1. The van der Waals surface area contributed by atoms with Gasteiger partial charge in [-0.15, -0.1) is 11.3 Å². The number of sulfone groups is 1. The molecule has 0 radical (unpaired) electrons. The van der Waals surface area contributed by atoms with Gasteiger partial charge in [-0.25, -0.2) is 18.7 Å². The average molecular weight is 598 g/mol. The van der Waals surface area contributed by atoms with E-state index in [1.807, 2.05) is 18.2 Å². The number of hydrogen-bond donors (Lipinski definition) is 1. The van der Waals surface area contributed by atoms with Crippen molar-refractivity contribution in [1.82, 2.24) is 15.4 Å². The zero-order valence-electron chi connectivity index (χ0n) is 23.1. The summed E-state index contributed by atoms with van der Waals surface area (Å²) in [5, 5.41) is 0. The van der Waals surface area contributed by atoms with Gasteiger partial charge in [0.1, 0.15) is 10.4 Å². The van der Waals surface area contributed by atoms with E-state index in [0.717, 1.165) is 29.7 Å². The van der Waals surface area contributed by atoms with E-state index < -0.39 is 26.8 Å². The lowest BCUT2D eigenvalue weighted by molar-refractivity contribution is -0.200. The van der Waals surface area contributed by atoms with Crippen LogP contribution >= 0.6 is 11.3 Å². The number of pyridine rings is 1. The Morgan fingerprint density at radius 1 is 1.12 bits per heavy atom. The lowest BCUT2D eigenvalue weighted by Crippen LogP contribution is -2.43. The largest absolute Gasteiger partial charge is 0.350 e. The fraction of sp³-hybridized carbons (Fsp3) is 0.433. The van der Waals surface area contributed by atoms with Crippen LogP contribution in [0.4, 0.5) is 0 Å². The van der Waals surface area contributed by atoms with Crippen molar-refractivity contribution in [3.8, 4) is 10.4 Å². The molecule has 1 unspecified atom stereocenters. The van der Waals surface area contributed by atoms with Crippen LogP contribution < -0.4 is 5.48 Å². The minimum atomic E-state index is -3.89. The molecule has 218 valence electrons. The number of hydroxylamine groups is 1. The number of rotatable bonds is 8. The fourth-order valence-corrected chi connectivity index (χ4v) is 8.91. The predicted octanol–water partition coefficient (Wildman–Crippen LogP) is 4.49. The third-order valence-corrected chi connectivity index (χ3v) is 11.7. The number of nitrogens with zero attached hydrogens (tertiary/aromatic N) is 2. The second-order valence-electron chi connectivity index (χ2n) is 10.4. The van der Waals surface area contributed by atoms with Crippen molar-refractivity contribution in [3.05, 3.63) is 76.9 Å². The van der Waals surface area contributed by atoms with Gasteiger partial charge in [0.15, 0.2) is 16.1 Å². The number of amides is 2. The molecule has 2 aliphatic rings. The van der Waals surface area contributed by atoms with Crippen molar-refractivity contribution in [2.75, 3.05) is 25.4 Å². The average Bonchev–Trinajstić information content (AvgIpc) is 3.46. The molecule has 41 heavy (non-hydrogen) atoms. The summed E-state index contributed by atoms with van der Waals surface area (Å²) >= 11 is 1.37. The normalized spacial score (nSPS) is 22.6. The van der Waals surface area contributed by atoms with Crippen molar-refractivity contribution in [1.29, 1.82) is 0 Å². The molecule has 0 saturated carbocycles. The number of carbonyl (C=O) groups excluding carboxylic acids is 2. The number of aryl methyl sites for hydroxylation is 1. The Labute approximate surface area is 244 Å². The van der Waals surface area contributed by atoms with Gasteiger partial charge in [-0.1, -0.05) is 37.3 Å². The molecule has 2 saturated heterocycles. The van der Waals surface area contributed by atoms with Crippen LogP contribution in [0.2, 0.25) is 0 Å². The first-order valence-corrected chi connectivity index (χ1v) is 16.5. The topological polar surface area (TPSA) is 115 Å². The highest BCUT2D eigenvalue weighted by atomic mass is 32.2. The zero-order valence-corrected chi connectivity index (χ0v) is 24.7. The quantitative estimate of drug-likeness (QED) is 0.381. The van der Waals surface area contributed by atoms with Crippen LogP contribution in [0.3, 0.4) is 0 Å². The van der Waals surface area contributed by atoms with Crippen molar-refractivity contribution >= 4 is 33.0 Å². The van der Waals surface area contributed by atoms with Gasteiger partial charge in [0.2, 0.25) is 5.91 Å². The Morgan fingerprint density at radius 2 is 1.95 bits per heavy atom. The third-order valence-electron chi connectivity index (χ3n) is 7.77. The maximum Gasteiger partial charge on any atom is 0.272 e. The Morgan fingerprint density at radius 3 is 2.66 bits per heavy atom. The molecule has 4 heterocycles. The second kappa shape index (κ2) is 12.8. The van der Waals surface area contributed by atoms with Crippen LogP contribution in [0.15, 0.2) is 60.8 Å². The van der Waals surface area contributed by atoms with Gasteiger partial charge in [-0.2, -0.15) is 0 Å². The summed E-state index contributed by atoms with van der Waals surface area (Å²) in [7, 11) is -3.89. The summed E-state index contributed by atoms with van der Waals surface area (Å²) in [4.78, 5) is 39.1. The molecule has 0 aliphatic carbocycles. The van der Waals surface area contributed by atoms with Crippen LogP contribution in [-0.4, -0.2) is 61.9 Å². The van der Waals surface area contributed by atoms with Crippen LogP contribution in [0.1, 0.15) is 60.0 Å². The fourth-order valence-electron chi connectivity index (χ4n) is 5.30. The van der Waals surface area contributed by atoms with Crippen LogP contribution in [0, 0.1) is 0 Å². The lowest BCUT2D eigenvalue weighted by Gasteiger charge is -2.31. The molecule has 3 aromatic rings. The highest BCUT2D eigenvalue weighted by Gasteiger charge is 2.50. The molecule has 0 bridgehead atoms. The summed E-state index contributed by atoms with van der Waals surface area (Å²) in [6, 6.07) is 16.9. The number of hydrogen-bond acceptors (Lipinski definition) is 8. The number of nitrogens with one attached hydrogen (secondary N) is 1. The minimum Gasteiger partial charge on any atom is -0.350 e. The van der Waals surface area contributed by atoms with Gasteiger partial charge in [-0.3, -0.25) is 14.6 Å². The van der Waals surface area contributed by atoms with Gasteiger partial charge in [0.05, 0.1) is 12.2 Å². The highest BCUT2D eigenvalue weighted by molar-refractivity contribution is 7.92. The lowest BCUT2D eigenvalue weighted by atomic mass is 9.97. The summed E-state index contributed by atoms with van der Waals surface area (Å²) in [6.45, 7) is 2.82. The molecule has 11 heteroatoms. The third kappa shape index (κ3) is 6.53. The van der Waals surface area contributed by atoms with E-state index in [1.54, 1.807) is 24.3 Å². The van der Waals surface area contributed by atoms with Crippen molar-refractivity contribution < 1.29 is 27.6 Å². The number of ether oxygens (including phenoxy) is 1. The second-order valence-corrected chi connectivity index (χ2v) is 13.9. The molecule has 5 rings (SSSR count). The van der Waals surface area contributed by atoms with E-state index in [0.29, 0.717) is 17.9 Å². The molecule has 2 fully saturated rings. The smallest absolute Gasteiger partial charge is 0.272 e. The summed E-state index contributed by atoms with van der Waals surface area (Å²) in [6.07, 6.45) is 4.15. The van der Waals surface area contributed by atoms with E-state index in [-0.39, 0.29) is 43.3 Å². The van der Waals surface area contributed by atoms with Gasteiger partial charge in [0, 0.05) is 42.1 Å².